The van der Waals surface area contributed by atoms with Crippen molar-refractivity contribution >= 4 is 17.2 Å². The molecule has 3 nitrogen and oxygen atoms in total. The molecule has 16 heavy (non-hydrogen) atoms. The lowest BCUT2D eigenvalue weighted by Crippen LogP contribution is -2.20. The summed E-state index contributed by atoms with van der Waals surface area (Å²) in [6, 6.07) is 3.83. The molecule has 0 aliphatic carbocycles. The van der Waals surface area contributed by atoms with E-state index in [4.69, 9.17) is 11.6 Å². The lowest BCUT2D eigenvalue weighted by atomic mass is 10.2. The molecule has 0 aliphatic heterocycles. The normalized spacial score (nSPS) is 10.9. The first kappa shape index (κ1) is 11.1. The standard InChI is InChI=1S/C12H13ClN2O/c1-3-8-6-5-7-15-11(8)14-10(13)9(4-2)12(15)16/h5-7H,3-4H2,1-2H3. The Hall–Kier alpha value is -1.35. The van der Waals surface area contributed by atoms with E-state index in [2.05, 4.69) is 4.98 Å². The van der Waals surface area contributed by atoms with Gasteiger partial charge in [-0.2, -0.15) is 0 Å². The van der Waals surface area contributed by atoms with E-state index in [0.29, 0.717) is 22.8 Å². The Morgan fingerprint density at radius 3 is 2.75 bits per heavy atom. The summed E-state index contributed by atoms with van der Waals surface area (Å²) in [6.45, 7) is 3.93. The molecule has 2 heterocycles. The van der Waals surface area contributed by atoms with Crippen LogP contribution in [0.5, 0.6) is 0 Å². The highest BCUT2D eigenvalue weighted by molar-refractivity contribution is 6.30. The van der Waals surface area contributed by atoms with Gasteiger partial charge in [-0.15, -0.1) is 0 Å². The fourth-order valence-electron chi connectivity index (χ4n) is 1.80. The van der Waals surface area contributed by atoms with Gasteiger partial charge >= 0.3 is 0 Å². The van der Waals surface area contributed by atoms with Crippen LogP contribution in [0, 0.1) is 0 Å². The highest BCUT2D eigenvalue weighted by Crippen LogP contribution is 2.14. The third-order valence-electron chi connectivity index (χ3n) is 2.71. The molecule has 2 aromatic rings. The van der Waals surface area contributed by atoms with Crippen molar-refractivity contribution in [3.63, 3.8) is 0 Å². The first-order chi connectivity index (χ1) is 7.69. The van der Waals surface area contributed by atoms with E-state index < -0.39 is 0 Å². The molecule has 0 N–H and O–H groups in total. The van der Waals surface area contributed by atoms with E-state index >= 15 is 0 Å². The van der Waals surface area contributed by atoms with E-state index in [1.165, 1.54) is 0 Å². The molecular formula is C12H13ClN2O. The molecule has 0 unspecified atom stereocenters. The summed E-state index contributed by atoms with van der Waals surface area (Å²) in [4.78, 5) is 16.4. The molecule has 84 valence electrons. The minimum atomic E-state index is -0.0622. The van der Waals surface area contributed by atoms with Crippen LogP contribution in [0.15, 0.2) is 23.1 Å². The van der Waals surface area contributed by atoms with Crippen LogP contribution in [-0.2, 0) is 12.8 Å². The first-order valence-electron chi connectivity index (χ1n) is 5.37. The number of rotatable bonds is 2. The molecule has 2 rings (SSSR count). The van der Waals surface area contributed by atoms with Crippen LogP contribution in [0.4, 0.5) is 0 Å². The van der Waals surface area contributed by atoms with Gasteiger partial charge in [0.15, 0.2) is 0 Å². The van der Waals surface area contributed by atoms with Gasteiger partial charge in [0.25, 0.3) is 5.56 Å². The molecule has 0 bridgehead atoms. The van der Waals surface area contributed by atoms with E-state index in [9.17, 15) is 4.79 Å². The molecule has 0 amide bonds. The van der Waals surface area contributed by atoms with Crippen LogP contribution >= 0.6 is 11.6 Å². The van der Waals surface area contributed by atoms with Crippen molar-refractivity contribution in [3.05, 3.63) is 45.0 Å². The lowest BCUT2D eigenvalue weighted by molar-refractivity contribution is 0.949. The number of hydrogen-bond donors (Lipinski definition) is 0. The van der Waals surface area contributed by atoms with Crippen molar-refractivity contribution < 1.29 is 0 Å². The maximum Gasteiger partial charge on any atom is 0.262 e. The van der Waals surface area contributed by atoms with Crippen molar-refractivity contribution in [1.82, 2.24) is 9.38 Å². The minimum Gasteiger partial charge on any atom is -0.269 e. The number of aryl methyl sites for hydroxylation is 1. The fraction of sp³-hybridized carbons (Fsp3) is 0.333. The Bertz CT molecular complexity index is 589. The van der Waals surface area contributed by atoms with Gasteiger partial charge < -0.3 is 0 Å². The Kier molecular flexibility index (Phi) is 2.97. The van der Waals surface area contributed by atoms with Crippen molar-refractivity contribution in [2.45, 2.75) is 26.7 Å². The first-order valence-corrected chi connectivity index (χ1v) is 5.75. The largest absolute Gasteiger partial charge is 0.269 e. The van der Waals surface area contributed by atoms with E-state index in [0.717, 1.165) is 12.0 Å². The van der Waals surface area contributed by atoms with Gasteiger partial charge in [0.1, 0.15) is 10.8 Å². The van der Waals surface area contributed by atoms with E-state index in [-0.39, 0.29) is 5.56 Å². The minimum absolute atomic E-state index is 0.0622. The van der Waals surface area contributed by atoms with Gasteiger partial charge in [0.05, 0.1) is 5.56 Å². The smallest absolute Gasteiger partial charge is 0.262 e. The maximum atomic E-state index is 12.1. The Morgan fingerprint density at radius 2 is 2.12 bits per heavy atom. The molecule has 0 saturated heterocycles. The van der Waals surface area contributed by atoms with Crippen molar-refractivity contribution in [3.8, 4) is 0 Å². The molecule has 0 aromatic carbocycles. The average molecular weight is 237 g/mol. The fourth-order valence-corrected chi connectivity index (χ4v) is 2.10. The molecular weight excluding hydrogens is 224 g/mol. The van der Waals surface area contributed by atoms with Gasteiger partial charge in [0, 0.05) is 6.20 Å². The second kappa shape index (κ2) is 4.26. The highest BCUT2D eigenvalue weighted by atomic mass is 35.5. The van der Waals surface area contributed by atoms with Crippen LogP contribution < -0.4 is 5.56 Å². The molecule has 4 heteroatoms. The molecule has 0 fully saturated rings. The summed E-state index contributed by atoms with van der Waals surface area (Å²) in [6.07, 6.45) is 3.17. The van der Waals surface area contributed by atoms with Gasteiger partial charge in [-0.1, -0.05) is 31.5 Å². The van der Waals surface area contributed by atoms with Crippen LogP contribution in [-0.4, -0.2) is 9.38 Å². The van der Waals surface area contributed by atoms with Crippen molar-refractivity contribution in [2.75, 3.05) is 0 Å². The quantitative estimate of drug-likeness (QED) is 0.751. The highest BCUT2D eigenvalue weighted by Gasteiger charge is 2.10. The Morgan fingerprint density at radius 1 is 1.38 bits per heavy atom. The zero-order chi connectivity index (χ0) is 11.7. The predicted octanol–water partition coefficient (Wildman–Crippen LogP) is 2.47. The van der Waals surface area contributed by atoms with Crippen LogP contribution in [0.3, 0.4) is 0 Å². The second-order valence-corrected chi connectivity index (χ2v) is 3.98. The summed E-state index contributed by atoms with van der Waals surface area (Å²) in [7, 11) is 0. The molecule has 2 aromatic heterocycles. The van der Waals surface area contributed by atoms with E-state index in [1.54, 1.807) is 10.6 Å². The number of pyridine rings is 1. The lowest BCUT2D eigenvalue weighted by Gasteiger charge is -2.07. The Labute approximate surface area is 98.7 Å². The SMILES string of the molecule is CCc1c(Cl)nc2c(CC)cccn2c1=O. The number of nitrogens with zero attached hydrogens (tertiary/aromatic N) is 2. The van der Waals surface area contributed by atoms with Gasteiger partial charge in [0.2, 0.25) is 0 Å². The molecule has 0 atom stereocenters. The molecule has 0 spiro atoms. The number of hydrogen-bond acceptors (Lipinski definition) is 2. The van der Waals surface area contributed by atoms with Gasteiger partial charge in [-0.3, -0.25) is 9.20 Å². The summed E-state index contributed by atoms with van der Waals surface area (Å²) >= 11 is 6.01. The third kappa shape index (κ3) is 1.61. The number of halogens is 1. The Balaban J connectivity index is 2.92. The predicted molar refractivity (Wildman–Crippen MR) is 65.2 cm³/mol. The van der Waals surface area contributed by atoms with Crippen LogP contribution in [0.1, 0.15) is 25.0 Å². The zero-order valence-corrected chi connectivity index (χ0v) is 10.1. The van der Waals surface area contributed by atoms with Crippen molar-refractivity contribution in [1.29, 1.82) is 0 Å². The molecule has 0 radical (unpaired) electrons. The van der Waals surface area contributed by atoms with Gasteiger partial charge in [-0.05, 0) is 24.5 Å². The number of aromatic nitrogens is 2. The summed E-state index contributed by atoms with van der Waals surface area (Å²) < 4.78 is 1.57. The third-order valence-corrected chi connectivity index (χ3v) is 3.03. The summed E-state index contributed by atoms with van der Waals surface area (Å²) in [5.74, 6) is 0. The second-order valence-electron chi connectivity index (χ2n) is 3.62. The van der Waals surface area contributed by atoms with Crippen molar-refractivity contribution in [2.24, 2.45) is 0 Å². The zero-order valence-electron chi connectivity index (χ0n) is 9.33. The maximum absolute atomic E-state index is 12.1. The summed E-state index contributed by atoms with van der Waals surface area (Å²) in [5.41, 5.74) is 2.21. The van der Waals surface area contributed by atoms with E-state index in [1.807, 2.05) is 26.0 Å². The topological polar surface area (TPSA) is 34.4 Å². The molecule has 0 saturated carbocycles. The van der Waals surface area contributed by atoms with Crippen LogP contribution in [0.2, 0.25) is 5.15 Å². The number of fused-ring (bicyclic) bond motifs is 1. The average Bonchev–Trinajstić information content (AvgIpc) is 2.29. The monoisotopic (exact) mass is 236 g/mol. The van der Waals surface area contributed by atoms with Gasteiger partial charge in [-0.25, -0.2) is 4.98 Å². The van der Waals surface area contributed by atoms with Crippen LogP contribution in [0.25, 0.3) is 5.65 Å². The summed E-state index contributed by atoms with van der Waals surface area (Å²) in [5, 5.41) is 0.327. The molecule has 0 aliphatic rings.